The standard InChI is InChI=1S/C24H17N3OS/c28-21(17-9-3-1-4-10-17)16-24-27-20(19-13-7-8-14-22(19)29-24)15-23(26-27)25-18-11-5-2-6-12-18/h1-16H,(H,25,26)/b24-16+. The Bertz CT molecular complexity index is 1210. The van der Waals surface area contributed by atoms with Gasteiger partial charge in [0.25, 0.3) is 0 Å². The SMILES string of the molecule is O=C(/C=C1/Sc2ccccc2-c2cc(Nc3ccccc3)nn21)c1ccccc1. The summed E-state index contributed by atoms with van der Waals surface area (Å²) in [6, 6.07) is 29.4. The van der Waals surface area contributed by atoms with Gasteiger partial charge in [0.05, 0.1) is 5.69 Å². The fourth-order valence-corrected chi connectivity index (χ4v) is 4.33. The van der Waals surface area contributed by atoms with Crippen LogP contribution in [0.15, 0.2) is 102 Å². The number of para-hydroxylation sites is 1. The van der Waals surface area contributed by atoms with Crippen LogP contribution >= 0.6 is 11.8 Å². The molecule has 0 fully saturated rings. The second kappa shape index (κ2) is 7.45. The number of rotatable bonds is 4. The van der Waals surface area contributed by atoms with Crippen molar-refractivity contribution >= 4 is 34.1 Å². The molecule has 4 nitrogen and oxygen atoms in total. The number of fused-ring (bicyclic) bond motifs is 3. The van der Waals surface area contributed by atoms with Crippen LogP contribution in [0.3, 0.4) is 0 Å². The molecule has 29 heavy (non-hydrogen) atoms. The molecular weight excluding hydrogens is 378 g/mol. The van der Waals surface area contributed by atoms with Gasteiger partial charge >= 0.3 is 0 Å². The molecule has 5 heteroatoms. The van der Waals surface area contributed by atoms with Crippen molar-refractivity contribution in [1.29, 1.82) is 0 Å². The lowest BCUT2D eigenvalue weighted by atomic mass is 10.1. The first-order valence-electron chi connectivity index (χ1n) is 9.29. The van der Waals surface area contributed by atoms with E-state index in [1.54, 1.807) is 17.8 Å². The van der Waals surface area contributed by atoms with Crippen molar-refractivity contribution in [2.45, 2.75) is 4.90 Å². The van der Waals surface area contributed by atoms with Gasteiger partial charge in [-0.2, -0.15) is 0 Å². The summed E-state index contributed by atoms with van der Waals surface area (Å²) in [5.74, 6) is 0.702. The van der Waals surface area contributed by atoms with Gasteiger partial charge in [0.1, 0.15) is 5.03 Å². The number of benzene rings is 3. The maximum Gasteiger partial charge on any atom is 0.188 e. The van der Waals surface area contributed by atoms with Gasteiger partial charge in [-0.3, -0.25) is 4.79 Å². The molecule has 140 valence electrons. The molecule has 0 unspecified atom stereocenters. The highest BCUT2D eigenvalue weighted by Gasteiger charge is 2.23. The Hall–Kier alpha value is -3.57. The van der Waals surface area contributed by atoms with E-state index >= 15 is 0 Å². The zero-order valence-electron chi connectivity index (χ0n) is 15.4. The van der Waals surface area contributed by atoms with Crippen molar-refractivity contribution in [3.05, 3.63) is 103 Å². The van der Waals surface area contributed by atoms with Crippen molar-refractivity contribution in [2.75, 3.05) is 5.32 Å². The monoisotopic (exact) mass is 395 g/mol. The molecule has 1 aliphatic heterocycles. The molecule has 0 atom stereocenters. The van der Waals surface area contributed by atoms with Gasteiger partial charge in [-0.25, -0.2) is 4.68 Å². The number of carbonyl (C=O) groups is 1. The lowest BCUT2D eigenvalue weighted by Gasteiger charge is -2.19. The molecule has 0 bridgehead atoms. The van der Waals surface area contributed by atoms with E-state index in [0.29, 0.717) is 5.56 Å². The number of anilines is 2. The van der Waals surface area contributed by atoms with Crippen LogP contribution in [-0.4, -0.2) is 15.6 Å². The van der Waals surface area contributed by atoms with E-state index in [4.69, 9.17) is 5.10 Å². The maximum atomic E-state index is 12.8. The third-order valence-electron chi connectivity index (χ3n) is 4.65. The molecule has 0 saturated heterocycles. The highest BCUT2D eigenvalue weighted by Crippen LogP contribution is 2.44. The number of aromatic nitrogens is 2. The number of nitrogens with one attached hydrogen (secondary N) is 1. The third kappa shape index (κ3) is 3.48. The predicted octanol–water partition coefficient (Wildman–Crippen LogP) is 6.08. The minimum Gasteiger partial charge on any atom is -0.339 e. The molecule has 0 spiro atoms. The molecule has 0 aliphatic carbocycles. The number of hydrogen-bond acceptors (Lipinski definition) is 4. The normalized spacial score (nSPS) is 13.6. The van der Waals surface area contributed by atoms with Crippen LogP contribution in [0.1, 0.15) is 10.4 Å². The van der Waals surface area contributed by atoms with Crippen LogP contribution in [0, 0.1) is 0 Å². The minimum atomic E-state index is -0.0356. The Balaban J connectivity index is 1.57. The predicted molar refractivity (Wildman–Crippen MR) is 118 cm³/mol. The number of hydrogen-bond donors (Lipinski definition) is 1. The van der Waals surface area contributed by atoms with Crippen molar-refractivity contribution < 1.29 is 4.79 Å². The van der Waals surface area contributed by atoms with Crippen molar-refractivity contribution in [1.82, 2.24) is 9.78 Å². The van der Waals surface area contributed by atoms with E-state index in [0.717, 1.165) is 32.7 Å². The first kappa shape index (κ1) is 17.5. The largest absolute Gasteiger partial charge is 0.339 e. The number of nitrogens with zero attached hydrogens (tertiary/aromatic N) is 2. The van der Waals surface area contributed by atoms with Crippen LogP contribution in [-0.2, 0) is 0 Å². The van der Waals surface area contributed by atoms with E-state index in [2.05, 4.69) is 17.4 Å². The molecular formula is C24H17N3OS. The van der Waals surface area contributed by atoms with Gasteiger partial charge in [0, 0.05) is 33.9 Å². The number of allylic oxidation sites excluding steroid dienone is 1. The maximum absolute atomic E-state index is 12.8. The van der Waals surface area contributed by atoms with E-state index in [1.807, 2.05) is 83.5 Å². The van der Waals surface area contributed by atoms with Crippen LogP contribution in [0.4, 0.5) is 11.5 Å². The van der Waals surface area contributed by atoms with E-state index in [1.165, 1.54) is 0 Å². The first-order chi connectivity index (χ1) is 14.3. The molecule has 1 aliphatic rings. The highest BCUT2D eigenvalue weighted by molar-refractivity contribution is 8.08. The summed E-state index contributed by atoms with van der Waals surface area (Å²) in [5, 5.41) is 8.87. The Morgan fingerprint density at radius 3 is 2.38 bits per heavy atom. The molecule has 1 aromatic heterocycles. The van der Waals surface area contributed by atoms with Crippen LogP contribution in [0.2, 0.25) is 0 Å². The molecule has 4 aromatic rings. The molecule has 0 amide bonds. The fraction of sp³-hybridized carbons (Fsp3) is 0. The van der Waals surface area contributed by atoms with Gasteiger partial charge in [-0.15, -0.1) is 5.10 Å². The third-order valence-corrected chi connectivity index (χ3v) is 5.73. The van der Waals surface area contributed by atoms with Crippen molar-refractivity contribution in [3.8, 4) is 11.3 Å². The van der Waals surface area contributed by atoms with Crippen LogP contribution < -0.4 is 5.32 Å². The van der Waals surface area contributed by atoms with Crippen LogP contribution in [0.25, 0.3) is 16.3 Å². The van der Waals surface area contributed by atoms with Crippen LogP contribution in [0.5, 0.6) is 0 Å². The second-order valence-electron chi connectivity index (χ2n) is 6.63. The zero-order valence-corrected chi connectivity index (χ0v) is 16.3. The topological polar surface area (TPSA) is 46.9 Å². The Morgan fingerprint density at radius 2 is 1.59 bits per heavy atom. The highest BCUT2D eigenvalue weighted by atomic mass is 32.2. The summed E-state index contributed by atoms with van der Waals surface area (Å²) in [4.78, 5) is 13.9. The summed E-state index contributed by atoms with van der Waals surface area (Å²) in [7, 11) is 0. The molecule has 5 rings (SSSR count). The van der Waals surface area contributed by atoms with Crippen molar-refractivity contribution in [3.63, 3.8) is 0 Å². The van der Waals surface area contributed by atoms with Gasteiger partial charge in [-0.1, -0.05) is 78.5 Å². The molecule has 0 saturated carbocycles. The zero-order chi connectivity index (χ0) is 19.6. The molecule has 0 radical (unpaired) electrons. The summed E-state index contributed by atoms with van der Waals surface area (Å²) in [6.07, 6.45) is 1.67. The average molecular weight is 395 g/mol. The fourth-order valence-electron chi connectivity index (χ4n) is 3.28. The van der Waals surface area contributed by atoms with Gasteiger partial charge in [0.15, 0.2) is 11.6 Å². The van der Waals surface area contributed by atoms with Crippen molar-refractivity contribution in [2.24, 2.45) is 0 Å². The molecule has 1 N–H and O–H groups in total. The Morgan fingerprint density at radius 1 is 0.897 bits per heavy atom. The number of ketones is 1. The number of thioether (sulfide) groups is 1. The van der Waals surface area contributed by atoms with Gasteiger partial charge in [-0.05, 0) is 18.2 Å². The summed E-state index contributed by atoms with van der Waals surface area (Å²) >= 11 is 1.56. The Kier molecular flexibility index (Phi) is 4.50. The molecule has 2 heterocycles. The van der Waals surface area contributed by atoms with E-state index in [9.17, 15) is 4.79 Å². The smallest absolute Gasteiger partial charge is 0.188 e. The van der Waals surface area contributed by atoms with E-state index in [-0.39, 0.29) is 5.78 Å². The minimum absolute atomic E-state index is 0.0356. The summed E-state index contributed by atoms with van der Waals surface area (Å²) in [6.45, 7) is 0. The van der Waals surface area contributed by atoms with Gasteiger partial charge in [0.2, 0.25) is 0 Å². The lowest BCUT2D eigenvalue weighted by molar-refractivity contribution is 0.104. The quantitative estimate of drug-likeness (QED) is 0.336. The summed E-state index contributed by atoms with van der Waals surface area (Å²) in [5.41, 5.74) is 3.70. The summed E-state index contributed by atoms with van der Waals surface area (Å²) < 4.78 is 1.85. The second-order valence-corrected chi connectivity index (χ2v) is 7.69. The lowest BCUT2D eigenvalue weighted by Crippen LogP contribution is -2.07. The molecule has 3 aromatic carbocycles. The average Bonchev–Trinajstić information content (AvgIpc) is 3.19. The Labute approximate surface area is 172 Å². The number of carbonyl (C=O) groups excluding carboxylic acids is 1. The van der Waals surface area contributed by atoms with Gasteiger partial charge < -0.3 is 5.32 Å². The first-order valence-corrected chi connectivity index (χ1v) is 10.1. The van der Waals surface area contributed by atoms with E-state index < -0.39 is 0 Å².